The van der Waals surface area contributed by atoms with Crippen LogP contribution >= 0.6 is 34.5 Å². The van der Waals surface area contributed by atoms with Gasteiger partial charge in [0.05, 0.1) is 55.2 Å². The van der Waals surface area contributed by atoms with Crippen molar-refractivity contribution >= 4 is 51.5 Å². The van der Waals surface area contributed by atoms with Gasteiger partial charge in [-0.25, -0.2) is 15.0 Å². The van der Waals surface area contributed by atoms with Gasteiger partial charge < -0.3 is 14.4 Å². The number of aromatic nitrogens is 4. The van der Waals surface area contributed by atoms with Gasteiger partial charge in [-0.15, -0.1) is 0 Å². The number of fused-ring (bicyclic) bond motifs is 1. The maximum Gasteiger partial charge on any atom is 0.259 e. The number of nitrogens with one attached hydrogen (secondary N) is 1. The van der Waals surface area contributed by atoms with Crippen LogP contribution in [0.5, 0.6) is 11.6 Å². The van der Waals surface area contributed by atoms with Crippen LogP contribution in [-0.4, -0.2) is 50.9 Å². The summed E-state index contributed by atoms with van der Waals surface area (Å²) in [6, 6.07) is 4.95. The van der Waals surface area contributed by atoms with Crippen LogP contribution in [0.2, 0.25) is 10.2 Å². The Bertz CT molecular complexity index is 1550. The van der Waals surface area contributed by atoms with E-state index < -0.39 is 0 Å². The molecule has 0 fully saturated rings. The first kappa shape index (κ1) is 25.8. The van der Waals surface area contributed by atoms with E-state index in [4.69, 9.17) is 32.7 Å². The number of rotatable bonds is 6. The van der Waals surface area contributed by atoms with Crippen molar-refractivity contribution in [3.05, 3.63) is 74.4 Å². The van der Waals surface area contributed by atoms with Gasteiger partial charge in [-0.1, -0.05) is 34.5 Å². The highest BCUT2D eigenvalue weighted by Gasteiger charge is 2.29. The fourth-order valence-corrected chi connectivity index (χ4v) is 5.41. The Balaban J connectivity index is 1.34. The minimum absolute atomic E-state index is 0.224. The van der Waals surface area contributed by atoms with Crippen molar-refractivity contribution in [1.82, 2.24) is 24.8 Å². The van der Waals surface area contributed by atoms with E-state index >= 15 is 0 Å². The minimum Gasteiger partial charge on any atom is -0.494 e. The van der Waals surface area contributed by atoms with Gasteiger partial charge in [0.25, 0.3) is 11.8 Å². The molecule has 1 N–H and O–H groups in total. The zero-order chi connectivity index (χ0) is 27.0. The molecule has 0 saturated carbocycles. The second kappa shape index (κ2) is 10.5. The van der Waals surface area contributed by atoms with Crippen molar-refractivity contribution in [2.75, 3.05) is 19.5 Å². The summed E-state index contributed by atoms with van der Waals surface area (Å²) >= 11 is 13.6. The second-order valence-electron chi connectivity index (χ2n) is 8.30. The molecule has 5 rings (SSSR count). The van der Waals surface area contributed by atoms with Gasteiger partial charge in [-0.3, -0.25) is 19.9 Å². The SMILES string of the molecule is COc1cnc(Cl)cc1-c1cc(C)ncc1C(=O)Nc1nc2c(s1)CN(C(=O)c1cnc(OC)c(Cl)c1)C2. The predicted octanol–water partition coefficient (Wildman–Crippen LogP) is 5.04. The summed E-state index contributed by atoms with van der Waals surface area (Å²) in [5.74, 6) is 0.114. The standard InChI is InChI=1S/C25H20Cl2N6O4S/c1-12-4-14(15-6-21(27)29-9-19(15)36-2)16(8-28-12)22(34)32-25-31-18-10-33(11-20(18)38-25)24(35)13-5-17(26)23(37-3)30-7-13/h4-9H,10-11H2,1-3H3,(H,31,32,34). The lowest BCUT2D eigenvalue weighted by Crippen LogP contribution is -2.25. The highest BCUT2D eigenvalue weighted by atomic mass is 35.5. The number of carbonyl (C=O) groups is 2. The Morgan fingerprint density at radius 2 is 1.82 bits per heavy atom. The van der Waals surface area contributed by atoms with E-state index in [2.05, 4.69) is 25.3 Å². The third-order valence-electron chi connectivity index (χ3n) is 5.84. The zero-order valence-corrected chi connectivity index (χ0v) is 22.7. The Morgan fingerprint density at radius 1 is 1.00 bits per heavy atom. The molecule has 0 aromatic carbocycles. The predicted molar refractivity (Wildman–Crippen MR) is 143 cm³/mol. The lowest BCUT2D eigenvalue weighted by atomic mass is 10.0. The number of thiazole rings is 1. The Kier molecular flexibility index (Phi) is 7.15. The van der Waals surface area contributed by atoms with Gasteiger partial charge in [-0.05, 0) is 25.1 Å². The highest BCUT2D eigenvalue weighted by molar-refractivity contribution is 7.16. The largest absolute Gasteiger partial charge is 0.494 e. The summed E-state index contributed by atoms with van der Waals surface area (Å²) in [5, 5.41) is 3.81. The maximum absolute atomic E-state index is 13.3. The monoisotopic (exact) mass is 570 g/mol. The molecular formula is C25H20Cl2N6O4S. The van der Waals surface area contributed by atoms with Crippen LogP contribution in [0.1, 0.15) is 37.0 Å². The first-order chi connectivity index (χ1) is 18.3. The van der Waals surface area contributed by atoms with E-state index in [0.717, 1.165) is 16.3 Å². The quantitative estimate of drug-likeness (QED) is 0.320. The second-order valence-corrected chi connectivity index (χ2v) is 10.2. The number of hydrogen-bond acceptors (Lipinski definition) is 9. The number of ether oxygens (including phenoxy) is 2. The van der Waals surface area contributed by atoms with Crippen LogP contribution in [0.4, 0.5) is 5.13 Å². The number of aryl methyl sites for hydroxylation is 1. The fraction of sp³-hybridized carbons (Fsp3) is 0.200. The number of anilines is 1. The number of nitrogens with zero attached hydrogens (tertiary/aromatic N) is 5. The van der Waals surface area contributed by atoms with Gasteiger partial charge in [0.1, 0.15) is 15.9 Å². The maximum atomic E-state index is 13.3. The molecule has 1 aliphatic heterocycles. The molecule has 0 radical (unpaired) electrons. The van der Waals surface area contributed by atoms with E-state index in [1.165, 1.54) is 50.2 Å². The summed E-state index contributed by atoms with van der Waals surface area (Å²) in [5.41, 5.74) is 3.34. The van der Waals surface area contributed by atoms with Crippen molar-refractivity contribution in [2.24, 2.45) is 0 Å². The number of hydrogen-bond donors (Lipinski definition) is 1. The molecule has 1 aliphatic rings. The number of pyridine rings is 3. The summed E-state index contributed by atoms with van der Waals surface area (Å²) in [6.07, 6.45) is 4.43. The lowest BCUT2D eigenvalue weighted by Gasteiger charge is -2.16. The van der Waals surface area contributed by atoms with Gasteiger partial charge in [-0.2, -0.15) is 0 Å². The molecule has 5 heterocycles. The molecule has 0 atom stereocenters. The topological polar surface area (TPSA) is 119 Å². The van der Waals surface area contributed by atoms with E-state index in [1.54, 1.807) is 17.0 Å². The number of amides is 2. The van der Waals surface area contributed by atoms with Crippen molar-refractivity contribution < 1.29 is 19.1 Å². The zero-order valence-electron chi connectivity index (χ0n) is 20.4. The van der Waals surface area contributed by atoms with Crippen LogP contribution in [0, 0.1) is 6.92 Å². The van der Waals surface area contributed by atoms with Crippen molar-refractivity contribution in [3.8, 4) is 22.8 Å². The highest BCUT2D eigenvalue weighted by Crippen LogP contribution is 2.36. The number of methoxy groups -OCH3 is 2. The molecule has 38 heavy (non-hydrogen) atoms. The first-order valence-electron chi connectivity index (χ1n) is 11.2. The molecule has 0 unspecified atom stereocenters. The van der Waals surface area contributed by atoms with Gasteiger partial charge in [0.2, 0.25) is 5.88 Å². The molecule has 10 nitrogen and oxygen atoms in total. The van der Waals surface area contributed by atoms with Crippen LogP contribution in [-0.2, 0) is 13.1 Å². The first-order valence-corrected chi connectivity index (χ1v) is 12.8. The van der Waals surface area contributed by atoms with Crippen molar-refractivity contribution in [2.45, 2.75) is 20.0 Å². The molecule has 2 amide bonds. The van der Waals surface area contributed by atoms with Gasteiger partial charge >= 0.3 is 0 Å². The van der Waals surface area contributed by atoms with E-state index in [-0.39, 0.29) is 27.9 Å². The molecule has 4 aromatic rings. The summed E-state index contributed by atoms with van der Waals surface area (Å²) in [6.45, 7) is 2.48. The summed E-state index contributed by atoms with van der Waals surface area (Å²) in [7, 11) is 2.98. The van der Waals surface area contributed by atoms with Crippen LogP contribution < -0.4 is 14.8 Å². The van der Waals surface area contributed by atoms with Crippen LogP contribution in [0.3, 0.4) is 0 Å². The fourth-order valence-electron chi connectivity index (χ4n) is 4.03. The molecule has 4 aromatic heterocycles. The Labute approximate surface area is 231 Å². The molecule has 194 valence electrons. The molecule has 0 aliphatic carbocycles. The molecule has 0 saturated heterocycles. The Morgan fingerprint density at radius 3 is 2.53 bits per heavy atom. The van der Waals surface area contributed by atoms with Crippen LogP contribution in [0.25, 0.3) is 11.1 Å². The van der Waals surface area contributed by atoms with Crippen molar-refractivity contribution in [1.29, 1.82) is 0 Å². The smallest absolute Gasteiger partial charge is 0.259 e. The average Bonchev–Trinajstić information content (AvgIpc) is 3.46. The van der Waals surface area contributed by atoms with Crippen molar-refractivity contribution in [3.63, 3.8) is 0 Å². The minimum atomic E-state index is -0.387. The summed E-state index contributed by atoms with van der Waals surface area (Å²) in [4.78, 5) is 45.7. The third-order valence-corrected chi connectivity index (χ3v) is 7.31. The van der Waals surface area contributed by atoms with Gasteiger partial charge in [0, 0.05) is 29.2 Å². The average molecular weight is 571 g/mol. The van der Waals surface area contributed by atoms with E-state index in [1.807, 2.05) is 6.92 Å². The molecular weight excluding hydrogens is 551 g/mol. The van der Waals surface area contributed by atoms with Crippen LogP contribution in [0.15, 0.2) is 36.8 Å². The Hall–Kier alpha value is -3.80. The number of halogens is 2. The molecule has 0 bridgehead atoms. The lowest BCUT2D eigenvalue weighted by molar-refractivity contribution is 0.0750. The molecule has 13 heteroatoms. The third kappa shape index (κ3) is 5.00. The number of carbonyl (C=O) groups excluding carboxylic acids is 2. The normalized spacial score (nSPS) is 12.3. The van der Waals surface area contributed by atoms with E-state index in [0.29, 0.717) is 46.2 Å². The van der Waals surface area contributed by atoms with Gasteiger partial charge in [0.15, 0.2) is 5.13 Å². The molecule has 0 spiro atoms. The summed E-state index contributed by atoms with van der Waals surface area (Å²) < 4.78 is 10.5. The van der Waals surface area contributed by atoms with E-state index in [9.17, 15) is 9.59 Å².